The monoisotopic (exact) mass is 415 g/mol. The zero-order valence-electron chi connectivity index (χ0n) is 17.5. The van der Waals surface area contributed by atoms with Gasteiger partial charge in [0.25, 0.3) is 0 Å². The summed E-state index contributed by atoms with van der Waals surface area (Å²) in [5.74, 6) is -0.229. The number of methoxy groups -OCH3 is 1. The van der Waals surface area contributed by atoms with Crippen LogP contribution in [0.25, 0.3) is 17.0 Å². The molecular formula is C25H25N3O3. The van der Waals surface area contributed by atoms with Crippen LogP contribution < -0.4 is 5.73 Å². The molecule has 0 saturated carbocycles. The summed E-state index contributed by atoms with van der Waals surface area (Å²) >= 11 is 0. The number of benzene rings is 2. The highest BCUT2D eigenvalue weighted by Gasteiger charge is 2.24. The number of para-hydroxylation sites is 1. The van der Waals surface area contributed by atoms with Gasteiger partial charge >= 0.3 is 5.97 Å². The third-order valence-corrected chi connectivity index (χ3v) is 5.60. The summed E-state index contributed by atoms with van der Waals surface area (Å²) in [5.41, 5.74) is 10.8. The van der Waals surface area contributed by atoms with Crippen LogP contribution in [0.15, 0.2) is 66.4 Å². The number of carbonyl (C=O) groups excluding carboxylic acids is 2. The van der Waals surface area contributed by atoms with Gasteiger partial charge in [-0.15, -0.1) is 0 Å². The first-order valence-electron chi connectivity index (χ1n) is 10.3. The van der Waals surface area contributed by atoms with Gasteiger partial charge in [-0.25, -0.2) is 4.79 Å². The highest BCUT2D eigenvalue weighted by molar-refractivity contribution is 5.89. The second-order valence-corrected chi connectivity index (χ2v) is 7.69. The van der Waals surface area contributed by atoms with Crippen molar-refractivity contribution in [3.05, 3.63) is 83.1 Å². The Balaban J connectivity index is 1.67. The fourth-order valence-electron chi connectivity index (χ4n) is 3.84. The van der Waals surface area contributed by atoms with Crippen LogP contribution in [-0.2, 0) is 9.53 Å². The van der Waals surface area contributed by atoms with Crippen LogP contribution in [0.5, 0.6) is 0 Å². The van der Waals surface area contributed by atoms with E-state index in [2.05, 4.69) is 4.98 Å². The van der Waals surface area contributed by atoms with Gasteiger partial charge in [0.1, 0.15) is 0 Å². The van der Waals surface area contributed by atoms with E-state index in [1.807, 2.05) is 53.4 Å². The first kappa shape index (κ1) is 20.8. The van der Waals surface area contributed by atoms with E-state index in [9.17, 15) is 9.59 Å². The molecule has 2 N–H and O–H groups in total. The molecule has 1 amide bonds. The number of esters is 1. The number of amides is 1. The molecule has 1 fully saturated rings. The number of hydrogen-bond acceptors (Lipinski definition) is 5. The van der Waals surface area contributed by atoms with E-state index in [-0.39, 0.29) is 11.9 Å². The number of aromatic nitrogens is 1. The maximum absolute atomic E-state index is 12.2. The molecule has 1 aliphatic heterocycles. The van der Waals surface area contributed by atoms with Crippen molar-refractivity contribution in [3.8, 4) is 0 Å². The lowest BCUT2D eigenvalue weighted by molar-refractivity contribution is -0.127. The van der Waals surface area contributed by atoms with E-state index >= 15 is 0 Å². The molecule has 1 aliphatic rings. The molecule has 2 aromatic carbocycles. The lowest BCUT2D eigenvalue weighted by Gasteiger charge is -2.23. The highest BCUT2D eigenvalue weighted by atomic mass is 16.5. The van der Waals surface area contributed by atoms with Crippen LogP contribution in [0.1, 0.15) is 40.4 Å². The first-order valence-corrected chi connectivity index (χ1v) is 10.3. The predicted molar refractivity (Wildman–Crippen MR) is 120 cm³/mol. The third kappa shape index (κ3) is 4.64. The Kier molecular flexibility index (Phi) is 6.09. The molecule has 6 heteroatoms. The molecular weight excluding hydrogens is 390 g/mol. The van der Waals surface area contributed by atoms with Gasteiger partial charge in [-0.05, 0) is 47.4 Å². The number of nitrogens with zero attached hydrogens (tertiary/aromatic N) is 2. The molecule has 0 radical (unpaired) electrons. The summed E-state index contributed by atoms with van der Waals surface area (Å²) in [6.07, 6.45) is 5.24. The molecule has 1 unspecified atom stereocenters. The molecule has 6 nitrogen and oxygen atoms in total. The highest BCUT2D eigenvalue weighted by Crippen LogP contribution is 2.26. The maximum Gasteiger partial charge on any atom is 0.337 e. The van der Waals surface area contributed by atoms with Crippen molar-refractivity contribution in [2.45, 2.75) is 18.9 Å². The second-order valence-electron chi connectivity index (χ2n) is 7.69. The zero-order valence-corrected chi connectivity index (χ0v) is 17.5. The average molecular weight is 415 g/mol. The van der Waals surface area contributed by atoms with Crippen molar-refractivity contribution in [1.82, 2.24) is 9.88 Å². The van der Waals surface area contributed by atoms with Gasteiger partial charge in [-0.1, -0.05) is 36.4 Å². The van der Waals surface area contributed by atoms with Gasteiger partial charge in [0, 0.05) is 31.1 Å². The van der Waals surface area contributed by atoms with Crippen molar-refractivity contribution in [1.29, 1.82) is 0 Å². The van der Waals surface area contributed by atoms with Crippen LogP contribution in [0.4, 0.5) is 0 Å². The van der Waals surface area contributed by atoms with Crippen LogP contribution in [-0.4, -0.2) is 42.0 Å². The molecule has 4 rings (SSSR count). The van der Waals surface area contributed by atoms with E-state index in [0.29, 0.717) is 18.5 Å². The van der Waals surface area contributed by atoms with Gasteiger partial charge in [-0.3, -0.25) is 9.78 Å². The molecule has 0 aliphatic carbocycles. The topological polar surface area (TPSA) is 85.5 Å². The summed E-state index contributed by atoms with van der Waals surface area (Å²) in [7, 11) is 1.36. The summed E-state index contributed by atoms with van der Waals surface area (Å²) < 4.78 is 4.76. The Labute approximate surface area is 181 Å². The standard InChI is InChI=1S/C25H25N3O3/c1-31-25(30)18-10-8-17(9-11-18)13-21(16-28-12-4-7-23(28)29)24(26)20-14-19-5-2-3-6-22(19)27-15-20/h2-3,5-6,8-11,13-15,24H,4,7,12,16,26H2,1H3/b21-13+. The smallest absolute Gasteiger partial charge is 0.337 e. The minimum Gasteiger partial charge on any atom is -0.465 e. The van der Waals surface area contributed by atoms with E-state index in [4.69, 9.17) is 10.5 Å². The Morgan fingerprint density at radius 3 is 2.71 bits per heavy atom. The number of ether oxygens (including phenoxy) is 1. The summed E-state index contributed by atoms with van der Waals surface area (Å²) in [6.45, 7) is 1.20. The van der Waals surface area contributed by atoms with E-state index in [0.717, 1.165) is 40.6 Å². The van der Waals surface area contributed by atoms with Gasteiger partial charge < -0.3 is 15.4 Å². The fourth-order valence-corrected chi connectivity index (χ4v) is 3.84. The van der Waals surface area contributed by atoms with Crippen molar-refractivity contribution in [3.63, 3.8) is 0 Å². The molecule has 0 bridgehead atoms. The van der Waals surface area contributed by atoms with Gasteiger partial charge in [-0.2, -0.15) is 0 Å². The molecule has 1 aromatic heterocycles. The van der Waals surface area contributed by atoms with Gasteiger partial charge in [0.15, 0.2) is 0 Å². The summed E-state index contributed by atoms with van der Waals surface area (Å²) in [6, 6.07) is 16.7. The molecule has 31 heavy (non-hydrogen) atoms. The Morgan fingerprint density at radius 1 is 1.23 bits per heavy atom. The molecule has 158 valence electrons. The average Bonchev–Trinajstić information content (AvgIpc) is 3.22. The fraction of sp³-hybridized carbons (Fsp3) is 0.240. The van der Waals surface area contributed by atoms with E-state index < -0.39 is 6.04 Å². The maximum atomic E-state index is 12.2. The minimum absolute atomic E-state index is 0.149. The number of nitrogens with two attached hydrogens (primary N) is 1. The number of rotatable bonds is 6. The summed E-state index contributed by atoms with van der Waals surface area (Å²) in [5, 5.41) is 1.02. The summed E-state index contributed by atoms with van der Waals surface area (Å²) in [4.78, 5) is 30.3. The molecule has 0 spiro atoms. The number of likely N-dealkylation sites (tertiary alicyclic amines) is 1. The minimum atomic E-state index is -0.411. The SMILES string of the molecule is COC(=O)c1ccc(/C=C(\CN2CCCC2=O)C(N)c2cnc3ccccc3c2)cc1. The second kappa shape index (κ2) is 9.10. The molecule has 2 heterocycles. The number of carbonyl (C=O) groups is 2. The normalized spacial score (nSPS) is 15.4. The number of pyridine rings is 1. The lowest BCUT2D eigenvalue weighted by Crippen LogP contribution is -2.30. The van der Waals surface area contributed by atoms with Crippen LogP contribution in [0.3, 0.4) is 0 Å². The van der Waals surface area contributed by atoms with Crippen molar-refractivity contribution in [2.75, 3.05) is 20.2 Å². The Morgan fingerprint density at radius 2 is 2.00 bits per heavy atom. The quantitative estimate of drug-likeness (QED) is 0.620. The lowest BCUT2D eigenvalue weighted by atomic mass is 9.96. The Hall–Kier alpha value is -3.51. The zero-order chi connectivity index (χ0) is 21.8. The molecule has 3 aromatic rings. The van der Waals surface area contributed by atoms with Crippen molar-refractivity contribution in [2.24, 2.45) is 5.73 Å². The number of hydrogen-bond donors (Lipinski definition) is 1. The van der Waals surface area contributed by atoms with Crippen molar-refractivity contribution >= 4 is 28.9 Å². The predicted octanol–water partition coefficient (Wildman–Crippen LogP) is 3.73. The van der Waals surface area contributed by atoms with E-state index in [1.165, 1.54) is 7.11 Å². The Bertz CT molecular complexity index is 1140. The van der Waals surface area contributed by atoms with E-state index in [1.54, 1.807) is 18.3 Å². The van der Waals surface area contributed by atoms with Crippen molar-refractivity contribution < 1.29 is 14.3 Å². The first-order chi connectivity index (χ1) is 15.0. The molecule has 1 saturated heterocycles. The van der Waals surface area contributed by atoms with Gasteiger partial charge in [0.2, 0.25) is 5.91 Å². The third-order valence-electron chi connectivity index (χ3n) is 5.60. The van der Waals surface area contributed by atoms with Gasteiger partial charge in [0.05, 0.1) is 24.2 Å². The van der Waals surface area contributed by atoms with Crippen LogP contribution in [0.2, 0.25) is 0 Å². The number of fused-ring (bicyclic) bond motifs is 1. The molecule has 1 atom stereocenters. The van der Waals surface area contributed by atoms with Crippen LogP contribution >= 0.6 is 0 Å². The largest absolute Gasteiger partial charge is 0.465 e. The van der Waals surface area contributed by atoms with Crippen LogP contribution in [0, 0.1) is 0 Å².